The van der Waals surface area contributed by atoms with E-state index in [1.54, 1.807) is 31.3 Å². The summed E-state index contributed by atoms with van der Waals surface area (Å²) in [5, 5.41) is 8.99. The zero-order valence-corrected chi connectivity index (χ0v) is 17.1. The molecule has 31 heavy (non-hydrogen) atoms. The molecule has 0 aliphatic heterocycles. The van der Waals surface area contributed by atoms with E-state index in [1.165, 1.54) is 36.1 Å². The number of nitriles is 1. The van der Waals surface area contributed by atoms with Crippen LogP contribution in [0.1, 0.15) is 28.4 Å². The van der Waals surface area contributed by atoms with Crippen LogP contribution < -0.4 is 9.47 Å². The second kappa shape index (κ2) is 9.22. The molecule has 0 radical (unpaired) electrons. The van der Waals surface area contributed by atoms with E-state index in [0.29, 0.717) is 17.7 Å². The zero-order valence-electron chi connectivity index (χ0n) is 17.1. The second-order valence-electron chi connectivity index (χ2n) is 6.67. The molecule has 2 aromatic carbocycles. The average Bonchev–Trinajstić information content (AvgIpc) is 2.80. The summed E-state index contributed by atoms with van der Waals surface area (Å²) < 4.78 is 40.1. The van der Waals surface area contributed by atoms with E-state index in [-0.39, 0.29) is 23.0 Å². The summed E-state index contributed by atoms with van der Waals surface area (Å²) in [6.45, 7) is 3.59. The highest BCUT2D eigenvalue weighted by Gasteiger charge is 2.21. The lowest BCUT2D eigenvalue weighted by molar-refractivity contribution is 0.0802. The topological polar surface area (TPSA) is 75.5 Å². The Labute approximate surface area is 178 Å². The first-order chi connectivity index (χ1) is 14.8. The predicted molar refractivity (Wildman–Crippen MR) is 109 cm³/mol. The molecule has 1 heterocycles. The summed E-state index contributed by atoms with van der Waals surface area (Å²) in [4.78, 5) is 17.7. The number of hydrogen-bond acceptors (Lipinski definition) is 5. The highest BCUT2D eigenvalue weighted by molar-refractivity contribution is 5.94. The standard InChI is InChI=1S/C23H19F2N3O3/c1-4-28(3)23(29)16-8-6-10-18(12-16)31-22-20(25)14(2)19(24)21(27-22)30-17-9-5-7-15(11-17)13-26/h5-12H,4H2,1-3H3. The molecule has 0 saturated heterocycles. The number of rotatable bonds is 6. The van der Waals surface area contributed by atoms with Gasteiger partial charge in [0.2, 0.25) is 0 Å². The summed E-state index contributed by atoms with van der Waals surface area (Å²) in [5.41, 5.74) is 0.326. The SMILES string of the molecule is CCN(C)C(=O)c1cccc(Oc2nc(Oc3cccc(C#N)c3)c(F)c(C)c2F)c1. The predicted octanol–water partition coefficient (Wildman–Crippen LogP) is 5.22. The van der Waals surface area contributed by atoms with Crippen LogP contribution in [0.4, 0.5) is 8.78 Å². The molecule has 0 atom stereocenters. The van der Waals surface area contributed by atoms with Gasteiger partial charge in [0, 0.05) is 24.7 Å². The van der Waals surface area contributed by atoms with E-state index in [4.69, 9.17) is 14.7 Å². The van der Waals surface area contributed by atoms with Gasteiger partial charge in [0.15, 0.2) is 11.6 Å². The molecule has 0 aliphatic carbocycles. The summed E-state index contributed by atoms with van der Waals surface area (Å²) >= 11 is 0. The Morgan fingerprint density at radius 3 is 2.23 bits per heavy atom. The minimum absolute atomic E-state index is 0.158. The normalized spacial score (nSPS) is 10.3. The largest absolute Gasteiger partial charge is 0.436 e. The zero-order chi connectivity index (χ0) is 22.5. The molecule has 8 heteroatoms. The van der Waals surface area contributed by atoms with Crippen LogP contribution in [0.25, 0.3) is 0 Å². The van der Waals surface area contributed by atoms with Gasteiger partial charge in [-0.1, -0.05) is 12.1 Å². The molecular weight excluding hydrogens is 404 g/mol. The van der Waals surface area contributed by atoms with E-state index in [0.717, 1.165) is 0 Å². The van der Waals surface area contributed by atoms with Crippen molar-refractivity contribution in [2.75, 3.05) is 13.6 Å². The fourth-order valence-corrected chi connectivity index (χ4v) is 2.65. The van der Waals surface area contributed by atoms with Crippen LogP contribution in [0.5, 0.6) is 23.3 Å². The fraction of sp³-hybridized carbons (Fsp3) is 0.174. The van der Waals surface area contributed by atoms with Crippen LogP contribution in [0.2, 0.25) is 0 Å². The molecule has 0 bridgehead atoms. The number of pyridine rings is 1. The van der Waals surface area contributed by atoms with Gasteiger partial charge in [-0.25, -0.2) is 8.78 Å². The molecule has 1 aromatic heterocycles. The van der Waals surface area contributed by atoms with Crippen molar-refractivity contribution in [1.82, 2.24) is 9.88 Å². The highest BCUT2D eigenvalue weighted by Crippen LogP contribution is 2.33. The maximum Gasteiger partial charge on any atom is 0.259 e. The summed E-state index contributed by atoms with van der Waals surface area (Å²) in [6, 6.07) is 14.2. The average molecular weight is 423 g/mol. The van der Waals surface area contributed by atoms with Gasteiger partial charge in [-0.2, -0.15) is 10.2 Å². The molecular formula is C23H19F2N3O3. The third kappa shape index (κ3) is 4.78. The first kappa shape index (κ1) is 21.7. The lowest BCUT2D eigenvalue weighted by Gasteiger charge is -2.15. The minimum atomic E-state index is -0.988. The van der Waals surface area contributed by atoms with Crippen LogP contribution >= 0.6 is 0 Å². The van der Waals surface area contributed by atoms with Gasteiger partial charge in [-0.15, -0.1) is 0 Å². The Hall–Kier alpha value is -3.99. The number of benzene rings is 2. The molecule has 6 nitrogen and oxygen atoms in total. The number of carbonyl (C=O) groups is 1. The number of aromatic nitrogens is 1. The second-order valence-corrected chi connectivity index (χ2v) is 6.67. The van der Waals surface area contributed by atoms with Crippen molar-refractivity contribution in [3.05, 3.63) is 76.9 Å². The first-order valence-electron chi connectivity index (χ1n) is 9.41. The van der Waals surface area contributed by atoms with E-state index < -0.39 is 23.4 Å². The Kier molecular flexibility index (Phi) is 6.46. The molecule has 3 aromatic rings. The van der Waals surface area contributed by atoms with Gasteiger partial charge in [0.05, 0.1) is 11.6 Å². The van der Waals surface area contributed by atoms with E-state index in [9.17, 15) is 13.6 Å². The molecule has 0 aliphatic rings. The van der Waals surface area contributed by atoms with Crippen molar-refractivity contribution in [3.63, 3.8) is 0 Å². The van der Waals surface area contributed by atoms with E-state index in [1.807, 2.05) is 13.0 Å². The smallest absolute Gasteiger partial charge is 0.259 e. The number of carbonyl (C=O) groups excluding carboxylic acids is 1. The van der Waals surface area contributed by atoms with Crippen molar-refractivity contribution in [2.24, 2.45) is 0 Å². The van der Waals surface area contributed by atoms with Crippen LogP contribution in [-0.2, 0) is 0 Å². The minimum Gasteiger partial charge on any atom is -0.436 e. The van der Waals surface area contributed by atoms with Crippen LogP contribution in [0.15, 0.2) is 48.5 Å². The Morgan fingerprint density at radius 2 is 1.65 bits per heavy atom. The molecule has 0 spiro atoms. The summed E-state index contributed by atoms with van der Waals surface area (Å²) in [7, 11) is 1.66. The summed E-state index contributed by atoms with van der Waals surface area (Å²) in [6.07, 6.45) is 0. The number of hydrogen-bond donors (Lipinski definition) is 0. The van der Waals surface area contributed by atoms with Gasteiger partial charge >= 0.3 is 0 Å². The molecule has 158 valence electrons. The lowest BCUT2D eigenvalue weighted by atomic mass is 10.2. The molecule has 0 N–H and O–H groups in total. The molecule has 1 amide bonds. The lowest BCUT2D eigenvalue weighted by Crippen LogP contribution is -2.26. The number of ether oxygens (including phenoxy) is 2. The molecule has 0 saturated carbocycles. The number of amides is 1. The quantitative estimate of drug-likeness (QED) is 0.544. The van der Waals surface area contributed by atoms with Gasteiger partial charge < -0.3 is 14.4 Å². The third-order valence-electron chi connectivity index (χ3n) is 4.53. The monoisotopic (exact) mass is 423 g/mol. The van der Waals surface area contributed by atoms with Gasteiger partial charge in [0.1, 0.15) is 11.5 Å². The fourth-order valence-electron chi connectivity index (χ4n) is 2.65. The van der Waals surface area contributed by atoms with Crippen LogP contribution in [0.3, 0.4) is 0 Å². The van der Waals surface area contributed by atoms with E-state index in [2.05, 4.69) is 4.98 Å². The number of halogens is 2. The van der Waals surface area contributed by atoms with Crippen molar-refractivity contribution in [1.29, 1.82) is 5.26 Å². The highest BCUT2D eigenvalue weighted by atomic mass is 19.1. The Balaban J connectivity index is 1.94. The van der Waals surface area contributed by atoms with Crippen LogP contribution in [-0.4, -0.2) is 29.4 Å². The summed E-state index contributed by atoms with van der Waals surface area (Å²) in [5.74, 6) is -2.87. The van der Waals surface area contributed by atoms with E-state index >= 15 is 0 Å². The number of nitrogens with zero attached hydrogens (tertiary/aromatic N) is 3. The maximum absolute atomic E-state index is 14.6. The van der Waals surface area contributed by atoms with Crippen molar-refractivity contribution in [2.45, 2.75) is 13.8 Å². The van der Waals surface area contributed by atoms with Crippen molar-refractivity contribution in [3.8, 4) is 29.3 Å². The van der Waals surface area contributed by atoms with Crippen LogP contribution in [0, 0.1) is 29.9 Å². The maximum atomic E-state index is 14.6. The molecule has 0 fully saturated rings. The molecule has 3 rings (SSSR count). The van der Waals surface area contributed by atoms with Gasteiger partial charge in [-0.3, -0.25) is 4.79 Å². The van der Waals surface area contributed by atoms with Crippen molar-refractivity contribution < 1.29 is 23.0 Å². The Morgan fingerprint density at radius 1 is 1.06 bits per heavy atom. The van der Waals surface area contributed by atoms with Crippen molar-refractivity contribution >= 4 is 5.91 Å². The van der Waals surface area contributed by atoms with Gasteiger partial charge in [0.25, 0.3) is 17.7 Å². The third-order valence-corrected chi connectivity index (χ3v) is 4.53. The van der Waals surface area contributed by atoms with Gasteiger partial charge in [-0.05, 0) is 50.2 Å². The Bertz CT molecular complexity index is 1180. The molecule has 0 unspecified atom stereocenters. The first-order valence-corrected chi connectivity index (χ1v) is 9.41.